The summed E-state index contributed by atoms with van der Waals surface area (Å²) in [6.07, 6.45) is 5.17. The van der Waals surface area contributed by atoms with E-state index in [0.29, 0.717) is 23.5 Å². The third kappa shape index (κ3) is 3.32. The Labute approximate surface area is 170 Å². The average Bonchev–Trinajstić information content (AvgIpc) is 2.73. The van der Waals surface area contributed by atoms with Gasteiger partial charge in [0.05, 0.1) is 11.4 Å². The fraction of sp³-hybridized carbons (Fsp3) is 0.130. The van der Waals surface area contributed by atoms with Crippen LogP contribution in [0.25, 0.3) is 11.3 Å². The van der Waals surface area contributed by atoms with Crippen molar-refractivity contribution in [2.45, 2.75) is 13.1 Å². The quantitative estimate of drug-likeness (QED) is 0.825. The zero-order valence-electron chi connectivity index (χ0n) is 15.8. The van der Waals surface area contributed by atoms with E-state index in [4.69, 9.17) is 5.73 Å². The van der Waals surface area contributed by atoms with E-state index in [0.717, 1.165) is 6.07 Å². The molecular weight excluding hydrogens is 393 g/mol. The van der Waals surface area contributed by atoms with Crippen LogP contribution in [0.15, 0.2) is 60.3 Å². The van der Waals surface area contributed by atoms with Gasteiger partial charge in [-0.1, -0.05) is 12.1 Å². The molecule has 0 unspecified atom stereocenters. The van der Waals surface area contributed by atoms with E-state index in [1.165, 1.54) is 30.3 Å². The molecule has 2 aliphatic rings. The minimum absolute atomic E-state index is 0.135. The van der Waals surface area contributed by atoms with Crippen LogP contribution in [0, 0.1) is 11.6 Å². The second-order valence-electron chi connectivity index (χ2n) is 6.99. The minimum Gasteiger partial charge on any atom is -0.366 e. The Bertz CT molecular complexity index is 1170. The second kappa shape index (κ2) is 7.67. The summed E-state index contributed by atoms with van der Waals surface area (Å²) in [6, 6.07) is 7.60. The van der Waals surface area contributed by atoms with Crippen molar-refractivity contribution in [2.24, 2.45) is 5.73 Å². The highest BCUT2D eigenvalue weighted by molar-refractivity contribution is 6.23. The maximum Gasteiger partial charge on any atom is 0.248 e. The Hall–Kier alpha value is -3.61. The van der Waals surface area contributed by atoms with E-state index < -0.39 is 24.2 Å². The molecule has 1 amide bonds. The Morgan fingerprint density at radius 2 is 1.87 bits per heavy atom. The van der Waals surface area contributed by atoms with Gasteiger partial charge in [-0.2, -0.15) is 0 Å². The average molecular weight is 410 g/mol. The molecular formula is C23H17F3N2O2. The summed E-state index contributed by atoms with van der Waals surface area (Å²) in [5, 5.41) is 0. The van der Waals surface area contributed by atoms with Gasteiger partial charge < -0.3 is 10.6 Å². The number of rotatable bonds is 4. The third-order valence-corrected chi connectivity index (χ3v) is 5.20. The van der Waals surface area contributed by atoms with Crippen LogP contribution < -0.4 is 5.73 Å². The van der Waals surface area contributed by atoms with Crippen LogP contribution in [0.5, 0.6) is 0 Å². The SMILES string of the molecule is NC(=O)c1ccc(C2=C3C=CC=C(c4ccc(F)cc4F)N3CCC2=O)c(CF)c1. The highest BCUT2D eigenvalue weighted by Crippen LogP contribution is 2.38. The number of hydrogen-bond donors (Lipinski definition) is 1. The van der Waals surface area contributed by atoms with Gasteiger partial charge in [0.25, 0.3) is 0 Å². The molecule has 2 heterocycles. The van der Waals surface area contributed by atoms with Crippen molar-refractivity contribution in [1.82, 2.24) is 4.90 Å². The normalized spacial score (nSPS) is 15.9. The molecule has 2 aromatic carbocycles. The molecule has 0 saturated heterocycles. The van der Waals surface area contributed by atoms with Crippen molar-refractivity contribution in [3.8, 4) is 0 Å². The molecule has 30 heavy (non-hydrogen) atoms. The summed E-state index contributed by atoms with van der Waals surface area (Å²) < 4.78 is 41.5. The smallest absolute Gasteiger partial charge is 0.248 e. The summed E-state index contributed by atoms with van der Waals surface area (Å²) in [5.41, 5.74) is 7.40. The number of nitrogens with two attached hydrogens (primary N) is 1. The number of Topliss-reactive ketones (excluding diaryl/α,β-unsaturated/α-hetero) is 1. The molecule has 4 rings (SSSR count). The van der Waals surface area contributed by atoms with Crippen LogP contribution in [0.3, 0.4) is 0 Å². The number of hydrogen-bond acceptors (Lipinski definition) is 3. The number of ketones is 1. The molecule has 152 valence electrons. The maximum atomic E-state index is 14.4. The molecule has 2 aliphatic heterocycles. The Kier molecular flexibility index (Phi) is 5.03. The number of alkyl halides is 1. The Balaban J connectivity index is 1.86. The van der Waals surface area contributed by atoms with Crippen molar-refractivity contribution in [3.63, 3.8) is 0 Å². The molecule has 0 spiro atoms. The summed E-state index contributed by atoms with van der Waals surface area (Å²) in [4.78, 5) is 26.0. The van der Waals surface area contributed by atoms with Crippen molar-refractivity contribution < 1.29 is 22.8 Å². The zero-order chi connectivity index (χ0) is 21.4. The van der Waals surface area contributed by atoms with Gasteiger partial charge in [0.1, 0.15) is 18.3 Å². The molecule has 0 bridgehead atoms. The minimum atomic E-state index is -0.889. The number of nitrogens with zero attached hydrogens (tertiary/aromatic N) is 1. The van der Waals surface area contributed by atoms with Gasteiger partial charge in [-0.15, -0.1) is 0 Å². The number of allylic oxidation sites excluding steroid dienone is 4. The number of carbonyl (C=O) groups is 2. The molecule has 2 aromatic rings. The van der Waals surface area contributed by atoms with Gasteiger partial charge in [-0.3, -0.25) is 9.59 Å². The van der Waals surface area contributed by atoms with Crippen LogP contribution in [0.4, 0.5) is 13.2 Å². The first kappa shape index (κ1) is 19.7. The summed E-state index contributed by atoms with van der Waals surface area (Å²) >= 11 is 0. The Morgan fingerprint density at radius 1 is 1.10 bits per heavy atom. The predicted molar refractivity (Wildman–Crippen MR) is 106 cm³/mol. The van der Waals surface area contributed by atoms with Gasteiger partial charge in [-0.25, -0.2) is 13.2 Å². The largest absolute Gasteiger partial charge is 0.366 e. The topological polar surface area (TPSA) is 63.4 Å². The molecule has 0 saturated carbocycles. The number of amides is 1. The Morgan fingerprint density at radius 3 is 2.57 bits per heavy atom. The van der Waals surface area contributed by atoms with E-state index in [9.17, 15) is 22.8 Å². The first-order valence-electron chi connectivity index (χ1n) is 9.28. The first-order chi connectivity index (χ1) is 14.4. The summed E-state index contributed by atoms with van der Waals surface area (Å²) in [5.74, 6) is -2.28. The maximum absolute atomic E-state index is 14.4. The lowest BCUT2D eigenvalue weighted by molar-refractivity contribution is -0.114. The van der Waals surface area contributed by atoms with Crippen molar-refractivity contribution in [3.05, 3.63) is 94.2 Å². The summed E-state index contributed by atoms with van der Waals surface area (Å²) in [7, 11) is 0. The summed E-state index contributed by atoms with van der Waals surface area (Å²) in [6.45, 7) is -0.589. The van der Waals surface area contributed by atoms with E-state index in [2.05, 4.69) is 0 Å². The number of primary amides is 1. The van der Waals surface area contributed by atoms with Gasteiger partial charge in [0, 0.05) is 35.7 Å². The number of halogens is 3. The van der Waals surface area contributed by atoms with Crippen molar-refractivity contribution in [2.75, 3.05) is 6.54 Å². The van der Waals surface area contributed by atoms with Crippen molar-refractivity contribution >= 4 is 23.0 Å². The van der Waals surface area contributed by atoms with E-state index in [1.54, 1.807) is 23.1 Å². The molecule has 0 aromatic heterocycles. The van der Waals surface area contributed by atoms with Gasteiger partial charge in [-0.05, 0) is 47.5 Å². The van der Waals surface area contributed by atoms with Gasteiger partial charge in [0.2, 0.25) is 5.91 Å². The molecule has 0 atom stereocenters. The van der Waals surface area contributed by atoms with E-state index >= 15 is 0 Å². The molecule has 0 aliphatic carbocycles. The van der Waals surface area contributed by atoms with Gasteiger partial charge in [0.15, 0.2) is 5.78 Å². The third-order valence-electron chi connectivity index (χ3n) is 5.20. The lowest BCUT2D eigenvalue weighted by Gasteiger charge is -2.36. The predicted octanol–water partition coefficient (Wildman–Crippen LogP) is 4.13. The molecule has 0 fully saturated rings. The van der Waals surface area contributed by atoms with Crippen LogP contribution in [0.2, 0.25) is 0 Å². The first-order valence-corrected chi connectivity index (χ1v) is 9.28. The van der Waals surface area contributed by atoms with Crippen molar-refractivity contribution in [1.29, 1.82) is 0 Å². The number of benzene rings is 2. The lowest BCUT2D eigenvalue weighted by Crippen LogP contribution is -2.32. The molecule has 4 nitrogen and oxygen atoms in total. The molecule has 0 radical (unpaired) electrons. The van der Waals surface area contributed by atoms with Crippen LogP contribution >= 0.6 is 0 Å². The van der Waals surface area contributed by atoms with E-state index in [-0.39, 0.29) is 34.5 Å². The van der Waals surface area contributed by atoms with Gasteiger partial charge >= 0.3 is 0 Å². The van der Waals surface area contributed by atoms with Crippen LogP contribution in [-0.2, 0) is 11.5 Å². The molecule has 7 heteroatoms. The van der Waals surface area contributed by atoms with Crippen LogP contribution in [-0.4, -0.2) is 23.1 Å². The highest BCUT2D eigenvalue weighted by Gasteiger charge is 2.31. The second-order valence-corrected chi connectivity index (χ2v) is 6.99. The highest BCUT2D eigenvalue weighted by atomic mass is 19.1. The lowest BCUT2D eigenvalue weighted by atomic mass is 9.88. The van der Waals surface area contributed by atoms with E-state index in [1.807, 2.05) is 0 Å². The molecule has 2 N–H and O–H groups in total. The standard InChI is InChI=1S/C23H17F3N2O2/c24-12-14-10-13(23(27)30)4-6-16(14)22-20-3-1-2-19(28(20)9-8-21(22)29)17-7-5-15(25)11-18(17)26/h1-7,10-11H,8-9,12H2,(H2,27,30). The van der Waals surface area contributed by atoms with Crippen LogP contribution in [0.1, 0.15) is 33.5 Å². The zero-order valence-corrected chi connectivity index (χ0v) is 15.8. The fourth-order valence-corrected chi connectivity index (χ4v) is 3.80. The fourth-order valence-electron chi connectivity index (χ4n) is 3.80. The monoisotopic (exact) mass is 410 g/mol. The number of carbonyl (C=O) groups excluding carboxylic acids is 2. The number of fused-ring (bicyclic) bond motifs is 1.